The molecule has 1 aromatic heterocycles. The lowest BCUT2D eigenvalue weighted by molar-refractivity contribution is -0.143. The molecule has 0 radical (unpaired) electrons. The predicted octanol–water partition coefficient (Wildman–Crippen LogP) is 4.26. The van der Waals surface area contributed by atoms with Crippen molar-refractivity contribution >= 4 is 16.9 Å². The van der Waals surface area contributed by atoms with E-state index in [9.17, 15) is 14.3 Å². The van der Waals surface area contributed by atoms with Gasteiger partial charge in [-0.05, 0) is 61.3 Å². The number of aliphatic carboxylic acids is 1. The van der Waals surface area contributed by atoms with E-state index >= 15 is 0 Å². The Kier molecular flexibility index (Phi) is 4.86. The molecule has 1 fully saturated rings. The Morgan fingerprint density at radius 1 is 1.07 bits per heavy atom. The van der Waals surface area contributed by atoms with Crippen LogP contribution in [-0.4, -0.2) is 34.0 Å². The molecule has 2 heterocycles. The number of fused-ring (bicyclic) bond motifs is 1. The van der Waals surface area contributed by atoms with Gasteiger partial charge in [0.15, 0.2) is 0 Å². The van der Waals surface area contributed by atoms with Gasteiger partial charge in [-0.1, -0.05) is 30.3 Å². The van der Waals surface area contributed by atoms with Gasteiger partial charge in [-0.25, -0.2) is 4.39 Å². The molecule has 0 aliphatic carbocycles. The Hall–Kier alpha value is -2.79. The number of halogens is 1. The van der Waals surface area contributed by atoms with Crippen molar-refractivity contribution in [1.82, 2.24) is 9.88 Å². The number of benzene rings is 2. The van der Waals surface area contributed by atoms with Gasteiger partial charge < -0.3 is 5.11 Å². The molecule has 5 heteroatoms. The lowest BCUT2D eigenvalue weighted by atomic mass is 9.91. The average Bonchev–Trinajstić information content (AvgIpc) is 2.70. The number of carboxylic acids is 1. The summed E-state index contributed by atoms with van der Waals surface area (Å²) in [6, 6.07) is 16.6. The van der Waals surface area contributed by atoms with Gasteiger partial charge in [0.25, 0.3) is 0 Å². The van der Waals surface area contributed by atoms with E-state index in [1.54, 1.807) is 12.1 Å². The van der Waals surface area contributed by atoms with E-state index in [1.165, 1.54) is 12.1 Å². The second-order valence-electron chi connectivity index (χ2n) is 7.06. The lowest BCUT2D eigenvalue weighted by Gasteiger charge is -2.37. The third kappa shape index (κ3) is 3.69. The minimum Gasteiger partial charge on any atom is -0.481 e. The van der Waals surface area contributed by atoms with Crippen LogP contribution in [0.15, 0.2) is 60.8 Å². The number of carboxylic acid groups (broad SMARTS) is 1. The van der Waals surface area contributed by atoms with Gasteiger partial charge in [-0.2, -0.15) is 0 Å². The van der Waals surface area contributed by atoms with Gasteiger partial charge in [0.1, 0.15) is 5.82 Å². The first-order valence-corrected chi connectivity index (χ1v) is 9.19. The first kappa shape index (κ1) is 17.6. The average molecular weight is 364 g/mol. The van der Waals surface area contributed by atoms with Crippen LogP contribution >= 0.6 is 0 Å². The quantitative estimate of drug-likeness (QED) is 0.752. The Labute approximate surface area is 157 Å². The van der Waals surface area contributed by atoms with Crippen LogP contribution in [0.4, 0.5) is 4.39 Å². The summed E-state index contributed by atoms with van der Waals surface area (Å²) in [6.07, 6.45) is 3.11. The van der Waals surface area contributed by atoms with Crippen LogP contribution in [0.1, 0.15) is 30.0 Å². The Bertz CT molecular complexity index is 950. The molecule has 1 saturated heterocycles. The summed E-state index contributed by atoms with van der Waals surface area (Å²) in [5.74, 6) is -1.27. The molecular weight excluding hydrogens is 343 g/mol. The molecule has 4 rings (SSSR count). The largest absolute Gasteiger partial charge is 0.481 e. The van der Waals surface area contributed by atoms with Gasteiger partial charge in [0, 0.05) is 11.6 Å². The molecule has 0 amide bonds. The third-order valence-corrected chi connectivity index (χ3v) is 5.36. The summed E-state index contributed by atoms with van der Waals surface area (Å²) in [6.45, 7) is 1.37. The number of carbonyl (C=O) groups is 1. The maximum atomic E-state index is 13.5. The van der Waals surface area contributed by atoms with E-state index in [-0.39, 0.29) is 17.8 Å². The van der Waals surface area contributed by atoms with E-state index in [1.807, 2.05) is 30.5 Å². The molecule has 0 saturated carbocycles. The highest BCUT2D eigenvalue weighted by molar-refractivity contribution is 5.79. The highest BCUT2D eigenvalue weighted by atomic mass is 19.1. The molecule has 1 N–H and O–H groups in total. The van der Waals surface area contributed by atoms with Gasteiger partial charge in [-0.3, -0.25) is 14.7 Å². The summed E-state index contributed by atoms with van der Waals surface area (Å²) in [4.78, 5) is 18.1. The molecule has 2 aromatic carbocycles. The summed E-state index contributed by atoms with van der Waals surface area (Å²) in [7, 11) is 0. The molecule has 4 nitrogen and oxygen atoms in total. The number of hydrogen-bond donors (Lipinski definition) is 1. The monoisotopic (exact) mass is 364 g/mol. The number of rotatable bonds is 4. The first-order chi connectivity index (χ1) is 13.1. The second-order valence-corrected chi connectivity index (χ2v) is 7.06. The van der Waals surface area contributed by atoms with Crippen LogP contribution in [0.25, 0.3) is 10.9 Å². The van der Waals surface area contributed by atoms with Crippen molar-refractivity contribution in [2.45, 2.75) is 18.9 Å². The predicted molar refractivity (Wildman–Crippen MR) is 102 cm³/mol. The minimum atomic E-state index is -0.722. The fourth-order valence-electron chi connectivity index (χ4n) is 3.90. The Morgan fingerprint density at radius 3 is 2.48 bits per heavy atom. The van der Waals surface area contributed by atoms with Crippen LogP contribution in [0, 0.1) is 11.7 Å². The van der Waals surface area contributed by atoms with Gasteiger partial charge in [0.2, 0.25) is 0 Å². The van der Waals surface area contributed by atoms with Crippen molar-refractivity contribution in [3.63, 3.8) is 0 Å². The number of aromatic nitrogens is 1. The van der Waals surface area contributed by atoms with Crippen molar-refractivity contribution in [3.05, 3.63) is 77.7 Å². The lowest BCUT2D eigenvalue weighted by Crippen LogP contribution is -2.39. The highest BCUT2D eigenvalue weighted by Gasteiger charge is 2.30. The van der Waals surface area contributed by atoms with E-state index in [0.717, 1.165) is 22.0 Å². The molecular formula is C22H21FN2O2. The van der Waals surface area contributed by atoms with Crippen molar-refractivity contribution in [1.29, 1.82) is 0 Å². The summed E-state index contributed by atoms with van der Waals surface area (Å²) >= 11 is 0. The van der Waals surface area contributed by atoms with Crippen LogP contribution in [0.5, 0.6) is 0 Å². The van der Waals surface area contributed by atoms with Crippen LogP contribution in [-0.2, 0) is 4.79 Å². The standard InChI is InChI=1S/C22H21FN2O2/c23-19-7-5-15(6-8-19)21(25-11-9-16(10-12-25)22(26)27)18-13-17-3-1-2-4-20(17)24-14-18/h1-8,13-14,16,21H,9-12H2,(H,26,27). The van der Waals surface area contributed by atoms with E-state index in [0.29, 0.717) is 25.9 Å². The smallest absolute Gasteiger partial charge is 0.306 e. The normalized spacial score (nSPS) is 17.1. The molecule has 138 valence electrons. The summed E-state index contributed by atoms with van der Waals surface area (Å²) < 4.78 is 13.5. The zero-order chi connectivity index (χ0) is 18.8. The summed E-state index contributed by atoms with van der Waals surface area (Å²) in [5.41, 5.74) is 2.96. The molecule has 0 bridgehead atoms. The fraction of sp³-hybridized carbons (Fsp3) is 0.273. The second kappa shape index (κ2) is 7.45. The number of likely N-dealkylation sites (tertiary alicyclic amines) is 1. The van der Waals surface area contributed by atoms with E-state index < -0.39 is 5.97 Å². The van der Waals surface area contributed by atoms with E-state index in [2.05, 4.69) is 16.0 Å². The SMILES string of the molecule is O=C(O)C1CCN(C(c2ccc(F)cc2)c2cnc3ccccc3c2)CC1. The fourth-order valence-corrected chi connectivity index (χ4v) is 3.90. The summed E-state index contributed by atoms with van der Waals surface area (Å²) in [5, 5.41) is 10.3. The number of nitrogens with zero attached hydrogens (tertiary/aromatic N) is 2. The Balaban J connectivity index is 1.71. The molecule has 0 spiro atoms. The number of piperidine rings is 1. The van der Waals surface area contributed by atoms with Crippen LogP contribution in [0.2, 0.25) is 0 Å². The van der Waals surface area contributed by atoms with Crippen molar-refractivity contribution in [2.75, 3.05) is 13.1 Å². The van der Waals surface area contributed by atoms with Crippen molar-refractivity contribution in [2.24, 2.45) is 5.92 Å². The molecule has 1 aliphatic rings. The number of pyridine rings is 1. The maximum absolute atomic E-state index is 13.5. The Morgan fingerprint density at radius 2 is 1.78 bits per heavy atom. The minimum absolute atomic E-state index is 0.0718. The number of hydrogen-bond acceptors (Lipinski definition) is 3. The zero-order valence-corrected chi connectivity index (χ0v) is 14.9. The van der Waals surface area contributed by atoms with Crippen molar-refractivity contribution in [3.8, 4) is 0 Å². The molecule has 1 aliphatic heterocycles. The molecule has 1 atom stereocenters. The van der Waals surface area contributed by atoms with Gasteiger partial charge in [-0.15, -0.1) is 0 Å². The van der Waals surface area contributed by atoms with Crippen LogP contribution in [0.3, 0.4) is 0 Å². The topological polar surface area (TPSA) is 53.4 Å². The molecule has 3 aromatic rings. The third-order valence-electron chi connectivity index (χ3n) is 5.36. The molecule has 1 unspecified atom stereocenters. The van der Waals surface area contributed by atoms with Crippen LogP contribution < -0.4 is 0 Å². The highest BCUT2D eigenvalue weighted by Crippen LogP contribution is 2.33. The van der Waals surface area contributed by atoms with Gasteiger partial charge in [0.05, 0.1) is 17.5 Å². The number of para-hydroxylation sites is 1. The maximum Gasteiger partial charge on any atom is 0.306 e. The zero-order valence-electron chi connectivity index (χ0n) is 14.9. The van der Waals surface area contributed by atoms with Gasteiger partial charge >= 0.3 is 5.97 Å². The van der Waals surface area contributed by atoms with E-state index in [4.69, 9.17) is 0 Å². The molecule has 27 heavy (non-hydrogen) atoms. The van der Waals surface area contributed by atoms with Crippen molar-refractivity contribution < 1.29 is 14.3 Å². The first-order valence-electron chi connectivity index (χ1n) is 9.19.